The van der Waals surface area contributed by atoms with Crippen LogP contribution in [0.1, 0.15) is 29.8 Å². The van der Waals surface area contributed by atoms with E-state index in [0.29, 0.717) is 12.0 Å². The molecule has 1 N–H and O–H groups in total. The molecule has 6 heteroatoms. The second-order valence-electron chi connectivity index (χ2n) is 4.72. The third-order valence-corrected chi connectivity index (χ3v) is 4.73. The van der Waals surface area contributed by atoms with Gasteiger partial charge in [-0.1, -0.05) is 6.92 Å². The van der Waals surface area contributed by atoms with Crippen molar-refractivity contribution in [3.05, 3.63) is 55.9 Å². The van der Waals surface area contributed by atoms with Crippen LogP contribution in [0.4, 0.5) is 13.2 Å². The van der Waals surface area contributed by atoms with E-state index in [1.807, 2.05) is 19.1 Å². The van der Waals surface area contributed by atoms with Crippen LogP contribution < -0.4 is 5.32 Å². The summed E-state index contributed by atoms with van der Waals surface area (Å²) < 4.78 is 40.9. The van der Waals surface area contributed by atoms with E-state index in [4.69, 9.17) is 0 Å². The van der Waals surface area contributed by atoms with Crippen LogP contribution in [-0.4, -0.2) is 6.54 Å². The molecule has 1 aromatic carbocycles. The van der Waals surface area contributed by atoms with Gasteiger partial charge in [-0.15, -0.1) is 11.3 Å². The smallest absolute Gasteiger partial charge is 0.194 e. The average Bonchev–Trinajstić information content (AvgIpc) is 2.85. The number of benzene rings is 1. The van der Waals surface area contributed by atoms with Gasteiger partial charge in [0.25, 0.3) is 0 Å². The lowest BCUT2D eigenvalue weighted by molar-refractivity contribution is 0.438. The van der Waals surface area contributed by atoms with Crippen molar-refractivity contribution < 1.29 is 13.2 Å². The fraction of sp³-hybridized carbons (Fsp3) is 0.333. The molecule has 0 radical (unpaired) electrons. The van der Waals surface area contributed by atoms with Gasteiger partial charge in [0.05, 0.1) is 3.79 Å². The lowest BCUT2D eigenvalue weighted by atomic mass is 10.0. The van der Waals surface area contributed by atoms with Gasteiger partial charge in [-0.05, 0) is 58.7 Å². The summed E-state index contributed by atoms with van der Waals surface area (Å²) in [4.78, 5) is 1.08. The van der Waals surface area contributed by atoms with Gasteiger partial charge >= 0.3 is 0 Å². The molecule has 1 nitrogen and oxygen atoms in total. The molecule has 1 atom stereocenters. The lowest BCUT2D eigenvalue weighted by Crippen LogP contribution is -2.24. The van der Waals surface area contributed by atoms with Gasteiger partial charge in [-0.2, -0.15) is 0 Å². The molecule has 0 spiro atoms. The summed E-state index contributed by atoms with van der Waals surface area (Å²) in [5.41, 5.74) is 0.421. The van der Waals surface area contributed by atoms with Crippen LogP contribution in [0.25, 0.3) is 0 Å². The van der Waals surface area contributed by atoms with E-state index in [-0.39, 0.29) is 6.04 Å². The second kappa shape index (κ2) is 7.42. The fourth-order valence-electron chi connectivity index (χ4n) is 2.07. The summed E-state index contributed by atoms with van der Waals surface area (Å²) in [6.45, 7) is 2.73. The van der Waals surface area contributed by atoms with E-state index >= 15 is 0 Å². The third kappa shape index (κ3) is 4.31. The highest BCUT2D eigenvalue weighted by Crippen LogP contribution is 2.28. The van der Waals surface area contributed by atoms with Gasteiger partial charge in [-0.3, -0.25) is 0 Å². The van der Waals surface area contributed by atoms with Crippen LogP contribution in [0.2, 0.25) is 0 Å². The third-order valence-electron chi connectivity index (χ3n) is 3.08. The Labute approximate surface area is 134 Å². The molecule has 21 heavy (non-hydrogen) atoms. The topological polar surface area (TPSA) is 12.0 Å². The summed E-state index contributed by atoms with van der Waals surface area (Å²) in [6.07, 6.45) is 1.50. The molecule has 1 heterocycles. The number of hydrogen-bond donors (Lipinski definition) is 1. The normalized spacial score (nSPS) is 12.6. The van der Waals surface area contributed by atoms with E-state index in [1.165, 1.54) is 0 Å². The molecule has 0 amide bonds. The van der Waals surface area contributed by atoms with Gasteiger partial charge in [0, 0.05) is 17.3 Å². The van der Waals surface area contributed by atoms with Crippen LogP contribution in [-0.2, 0) is 6.42 Å². The molecule has 114 valence electrons. The molecule has 0 aliphatic heterocycles. The molecule has 1 unspecified atom stereocenters. The van der Waals surface area contributed by atoms with Gasteiger partial charge in [0.15, 0.2) is 17.5 Å². The van der Waals surface area contributed by atoms with Gasteiger partial charge in [-0.25, -0.2) is 13.2 Å². The molecule has 0 bridgehead atoms. The fourth-order valence-corrected chi connectivity index (χ4v) is 3.59. The summed E-state index contributed by atoms with van der Waals surface area (Å²) in [5, 5.41) is 3.25. The monoisotopic (exact) mass is 377 g/mol. The Kier molecular flexibility index (Phi) is 5.84. The largest absolute Gasteiger partial charge is 0.310 e. The van der Waals surface area contributed by atoms with Crippen molar-refractivity contribution in [3.8, 4) is 0 Å². The summed E-state index contributed by atoms with van der Waals surface area (Å²) in [6, 6.07) is 5.77. The summed E-state index contributed by atoms with van der Waals surface area (Å²) in [7, 11) is 0. The highest BCUT2D eigenvalue weighted by molar-refractivity contribution is 9.11. The number of rotatable bonds is 6. The van der Waals surface area contributed by atoms with Crippen LogP contribution in [0.5, 0.6) is 0 Å². The van der Waals surface area contributed by atoms with Crippen LogP contribution in [0.3, 0.4) is 0 Å². The maximum atomic E-state index is 13.4. The molecular weight excluding hydrogens is 363 g/mol. The molecule has 0 aliphatic rings. The standard InChI is InChI=1S/C15H15BrF3NS/c1-2-5-20-13(8-10-3-4-14(16)21-10)9-6-11(17)15(19)12(18)7-9/h3-4,6-7,13,20H,2,5,8H2,1H3. The lowest BCUT2D eigenvalue weighted by Gasteiger charge is -2.19. The molecule has 2 rings (SSSR count). The molecule has 1 aromatic heterocycles. The van der Waals surface area contributed by atoms with Crippen molar-refractivity contribution in [2.45, 2.75) is 25.8 Å². The zero-order valence-corrected chi connectivity index (χ0v) is 13.8. The first-order valence-corrected chi connectivity index (χ1v) is 8.24. The maximum absolute atomic E-state index is 13.4. The Morgan fingerprint density at radius 1 is 1.19 bits per heavy atom. The predicted octanol–water partition coefficient (Wildman–Crippen LogP) is 5.21. The first-order valence-electron chi connectivity index (χ1n) is 6.63. The number of halogens is 4. The minimum absolute atomic E-state index is 0.250. The highest BCUT2D eigenvalue weighted by Gasteiger charge is 2.18. The SMILES string of the molecule is CCCNC(Cc1ccc(Br)s1)c1cc(F)c(F)c(F)c1. The Balaban J connectivity index is 2.26. The first kappa shape index (κ1) is 16.5. The Morgan fingerprint density at radius 2 is 1.86 bits per heavy atom. The quantitative estimate of drug-likeness (QED) is 0.681. The molecule has 0 aliphatic carbocycles. The minimum Gasteiger partial charge on any atom is -0.310 e. The van der Waals surface area contributed by atoms with Crippen molar-refractivity contribution >= 4 is 27.3 Å². The zero-order chi connectivity index (χ0) is 15.4. The van der Waals surface area contributed by atoms with Gasteiger partial charge in [0.1, 0.15) is 0 Å². The molecular formula is C15H15BrF3NS. The number of thiophene rings is 1. The second-order valence-corrected chi connectivity index (χ2v) is 7.26. The van der Waals surface area contributed by atoms with Gasteiger partial charge < -0.3 is 5.32 Å². The first-order chi connectivity index (χ1) is 10.0. The van der Waals surface area contributed by atoms with Crippen LogP contribution in [0.15, 0.2) is 28.1 Å². The highest BCUT2D eigenvalue weighted by atomic mass is 79.9. The van der Waals surface area contributed by atoms with Crippen LogP contribution in [0, 0.1) is 17.5 Å². The number of hydrogen-bond acceptors (Lipinski definition) is 2. The van der Waals surface area contributed by atoms with E-state index in [2.05, 4.69) is 21.2 Å². The van der Waals surface area contributed by atoms with E-state index < -0.39 is 17.5 Å². The molecule has 0 saturated heterocycles. The summed E-state index contributed by atoms with van der Waals surface area (Å²) >= 11 is 4.96. The zero-order valence-electron chi connectivity index (χ0n) is 11.4. The van der Waals surface area contributed by atoms with Crippen molar-refractivity contribution in [2.75, 3.05) is 6.54 Å². The molecule has 0 saturated carbocycles. The predicted molar refractivity (Wildman–Crippen MR) is 83.1 cm³/mol. The Hall–Kier alpha value is -0.850. The van der Waals surface area contributed by atoms with E-state index in [0.717, 1.165) is 33.8 Å². The summed E-state index contributed by atoms with van der Waals surface area (Å²) in [5.74, 6) is -3.73. The van der Waals surface area contributed by atoms with Crippen molar-refractivity contribution in [1.29, 1.82) is 0 Å². The van der Waals surface area contributed by atoms with Crippen LogP contribution >= 0.6 is 27.3 Å². The Bertz CT molecular complexity index is 592. The van der Waals surface area contributed by atoms with Crippen molar-refractivity contribution in [1.82, 2.24) is 5.32 Å². The molecule has 2 aromatic rings. The minimum atomic E-state index is -1.42. The van der Waals surface area contributed by atoms with Crippen molar-refractivity contribution in [3.63, 3.8) is 0 Å². The molecule has 0 fully saturated rings. The van der Waals surface area contributed by atoms with E-state index in [9.17, 15) is 13.2 Å². The Morgan fingerprint density at radius 3 is 2.38 bits per heavy atom. The number of nitrogens with one attached hydrogen (secondary N) is 1. The average molecular weight is 378 g/mol. The maximum Gasteiger partial charge on any atom is 0.194 e. The van der Waals surface area contributed by atoms with Crippen molar-refractivity contribution in [2.24, 2.45) is 0 Å². The van der Waals surface area contributed by atoms with Gasteiger partial charge in [0.2, 0.25) is 0 Å². The van der Waals surface area contributed by atoms with E-state index in [1.54, 1.807) is 11.3 Å².